The summed E-state index contributed by atoms with van der Waals surface area (Å²) in [6.07, 6.45) is 3.77. The number of aliphatic hydroxyl groups excluding tert-OH is 1. The highest BCUT2D eigenvalue weighted by atomic mass is 16.6. The Kier molecular flexibility index (Phi) is 3.50. The number of aliphatic hydroxyl groups is 1. The van der Waals surface area contributed by atoms with Gasteiger partial charge < -0.3 is 10.4 Å². The number of carbonyl (C=O) groups is 1. The maximum atomic E-state index is 11.1. The predicted molar refractivity (Wildman–Crippen MR) is 47.0 cm³/mol. The van der Waals surface area contributed by atoms with Crippen molar-refractivity contribution in [2.45, 2.75) is 31.2 Å². The van der Waals surface area contributed by atoms with Crippen LogP contribution >= 0.6 is 0 Å². The van der Waals surface area contributed by atoms with E-state index in [1.54, 1.807) is 0 Å². The summed E-state index contributed by atoms with van der Waals surface area (Å²) in [5.74, 6) is 0. The predicted octanol–water partition coefficient (Wildman–Crippen LogP) is 0.152. The molecular weight excluding hydrogens is 172 g/mol. The second kappa shape index (κ2) is 4.43. The van der Waals surface area contributed by atoms with Crippen molar-refractivity contribution in [3.05, 3.63) is 0 Å². The van der Waals surface area contributed by atoms with E-state index < -0.39 is 11.6 Å². The fourth-order valence-electron chi connectivity index (χ4n) is 1.73. The first-order valence-corrected chi connectivity index (χ1v) is 4.44. The molecule has 0 heterocycles. The van der Waals surface area contributed by atoms with E-state index in [2.05, 4.69) is 15.6 Å². The van der Waals surface area contributed by atoms with Gasteiger partial charge in [0.2, 0.25) is 0 Å². The van der Waals surface area contributed by atoms with Gasteiger partial charge in [-0.05, 0) is 12.8 Å². The highest BCUT2D eigenvalue weighted by molar-refractivity contribution is 5.73. The van der Waals surface area contributed by atoms with Crippen LogP contribution in [-0.2, 0) is 4.84 Å². The Bertz CT molecular complexity index is 178. The highest BCUT2D eigenvalue weighted by Gasteiger charge is 2.34. The Balaban J connectivity index is 2.43. The zero-order valence-corrected chi connectivity index (χ0v) is 7.80. The zero-order chi connectivity index (χ0) is 9.73. The lowest BCUT2D eigenvalue weighted by Crippen LogP contribution is -2.52. The third-order valence-electron chi connectivity index (χ3n) is 2.44. The number of hydroxylamine groups is 1. The molecule has 76 valence electrons. The van der Waals surface area contributed by atoms with Gasteiger partial charge in [0.25, 0.3) is 0 Å². The number of rotatable bonds is 3. The van der Waals surface area contributed by atoms with E-state index in [0.717, 1.165) is 25.7 Å². The molecule has 0 aromatic heterocycles. The number of nitrogens with one attached hydrogen (secondary N) is 2. The lowest BCUT2D eigenvalue weighted by atomic mass is 9.99. The molecule has 0 saturated heterocycles. The summed E-state index contributed by atoms with van der Waals surface area (Å²) in [7, 11) is 1.37. The Morgan fingerprint density at radius 3 is 2.62 bits per heavy atom. The van der Waals surface area contributed by atoms with Crippen LogP contribution in [0.5, 0.6) is 0 Å². The molecule has 0 spiro atoms. The minimum Gasteiger partial charge on any atom is -0.394 e. The number of amides is 2. The van der Waals surface area contributed by atoms with E-state index in [0.29, 0.717) is 0 Å². The Labute approximate surface area is 77.4 Å². The van der Waals surface area contributed by atoms with Crippen molar-refractivity contribution in [1.82, 2.24) is 10.8 Å². The number of hydrogen-bond acceptors (Lipinski definition) is 3. The lowest BCUT2D eigenvalue weighted by molar-refractivity contribution is 0.0944. The Morgan fingerprint density at radius 1 is 1.54 bits per heavy atom. The topological polar surface area (TPSA) is 70.6 Å². The first-order valence-electron chi connectivity index (χ1n) is 4.44. The SMILES string of the molecule is CONC(=O)NC1(CO)CCCC1. The maximum absolute atomic E-state index is 11.1. The van der Waals surface area contributed by atoms with Gasteiger partial charge in [-0.3, -0.25) is 4.84 Å². The smallest absolute Gasteiger partial charge is 0.339 e. The van der Waals surface area contributed by atoms with E-state index in [-0.39, 0.29) is 6.61 Å². The van der Waals surface area contributed by atoms with Crippen LogP contribution in [0.15, 0.2) is 0 Å². The van der Waals surface area contributed by atoms with Crippen molar-refractivity contribution in [2.24, 2.45) is 0 Å². The van der Waals surface area contributed by atoms with E-state index in [4.69, 9.17) is 5.11 Å². The first-order chi connectivity index (χ1) is 6.22. The lowest BCUT2D eigenvalue weighted by Gasteiger charge is -2.27. The Hall–Kier alpha value is -0.810. The molecule has 0 atom stereocenters. The van der Waals surface area contributed by atoms with Crippen LogP contribution in [0.1, 0.15) is 25.7 Å². The summed E-state index contributed by atoms with van der Waals surface area (Å²) >= 11 is 0. The second-order valence-electron chi connectivity index (χ2n) is 3.41. The van der Waals surface area contributed by atoms with E-state index >= 15 is 0 Å². The molecule has 0 bridgehead atoms. The highest BCUT2D eigenvalue weighted by Crippen LogP contribution is 2.28. The third-order valence-corrected chi connectivity index (χ3v) is 2.44. The van der Waals surface area contributed by atoms with Crippen molar-refractivity contribution in [3.8, 4) is 0 Å². The first kappa shape index (κ1) is 10.3. The molecule has 0 unspecified atom stereocenters. The molecule has 1 aliphatic carbocycles. The van der Waals surface area contributed by atoms with E-state index in [1.807, 2.05) is 0 Å². The van der Waals surface area contributed by atoms with Gasteiger partial charge in [0.1, 0.15) is 0 Å². The van der Waals surface area contributed by atoms with Crippen LogP contribution in [0.4, 0.5) is 4.79 Å². The second-order valence-corrected chi connectivity index (χ2v) is 3.41. The van der Waals surface area contributed by atoms with Crippen molar-refractivity contribution in [1.29, 1.82) is 0 Å². The van der Waals surface area contributed by atoms with Gasteiger partial charge >= 0.3 is 6.03 Å². The van der Waals surface area contributed by atoms with E-state index in [1.165, 1.54) is 7.11 Å². The average molecular weight is 188 g/mol. The summed E-state index contributed by atoms with van der Waals surface area (Å²) in [5, 5.41) is 11.9. The summed E-state index contributed by atoms with van der Waals surface area (Å²) < 4.78 is 0. The van der Waals surface area contributed by atoms with Crippen LogP contribution < -0.4 is 10.8 Å². The molecule has 0 aromatic carbocycles. The van der Waals surface area contributed by atoms with Crippen LogP contribution in [-0.4, -0.2) is 30.4 Å². The fourth-order valence-corrected chi connectivity index (χ4v) is 1.73. The van der Waals surface area contributed by atoms with Crippen LogP contribution in [0.2, 0.25) is 0 Å². The number of carbonyl (C=O) groups excluding carboxylic acids is 1. The minimum absolute atomic E-state index is 0.00979. The summed E-state index contributed by atoms with van der Waals surface area (Å²) in [6, 6.07) is -0.390. The van der Waals surface area contributed by atoms with E-state index in [9.17, 15) is 4.79 Å². The summed E-state index contributed by atoms with van der Waals surface area (Å²) in [4.78, 5) is 15.6. The average Bonchev–Trinajstić information content (AvgIpc) is 2.54. The molecule has 0 aliphatic heterocycles. The molecule has 2 amide bonds. The van der Waals surface area contributed by atoms with Crippen molar-refractivity contribution >= 4 is 6.03 Å². The maximum Gasteiger partial charge on any atom is 0.339 e. The van der Waals surface area contributed by atoms with Gasteiger partial charge in [-0.15, -0.1) is 0 Å². The van der Waals surface area contributed by atoms with Gasteiger partial charge in [-0.1, -0.05) is 12.8 Å². The molecule has 1 fully saturated rings. The molecular formula is C8H16N2O3. The molecule has 0 aromatic rings. The van der Waals surface area contributed by atoms with Gasteiger partial charge in [-0.2, -0.15) is 0 Å². The van der Waals surface area contributed by atoms with Crippen molar-refractivity contribution < 1.29 is 14.7 Å². The minimum atomic E-state index is -0.428. The fraction of sp³-hybridized carbons (Fsp3) is 0.875. The Morgan fingerprint density at radius 2 is 2.15 bits per heavy atom. The zero-order valence-electron chi connectivity index (χ0n) is 7.80. The summed E-state index contributed by atoms with van der Waals surface area (Å²) in [6.45, 7) is -0.00979. The van der Waals surface area contributed by atoms with Crippen molar-refractivity contribution in [3.63, 3.8) is 0 Å². The number of hydrogen-bond donors (Lipinski definition) is 3. The van der Waals surface area contributed by atoms with Crippen LogP contribution in [0.25, 0.3) is 0 Å². The molecule has 1 saturated carbocycles. The van der Waals surface area contributed by atoms with Crippen molar-refractivity contribution in [2.75, 3.05) is 13.7 Å². The summed E-state index contributed by atoms with van der Waals surface area (Å²) in [5.41, 5.74) is 1.74. The molecule has 3 N–H and O–H groups in total. The molecule has 1 rings (SSSR count). The standard InChI is InChI=1S/C8H16N2O3/c1-13-10-7(12)9-8(6-11)4-2-3-5-8/h11H,2-6H2,1H3,(H2,9,10,12). The molecule has 1 aliphatic rings. The van der Waals surface area contributed by atoms with Gasteiger partial charge in [-0.25, -0.2) is 10.3 Å². The molecule has 5 heteroatoms. The monoisotopic (exact) mass is 188 g/mol. The normalized spacial score (nSPS) is 19.8. The molecule has 5 nitrogen and oxygen atoms in total. The number of urea groups is 1. The van der Waals surface area contributed by atoms with Gasteiger partial charge in [0.05, 0.1) is 19.3 Å². The molecule has 13 heavy (non-hydrogen) atoms. The van der Waals surface area contributed by atoms with Crippen LogP contribution in [0, 0.1) is 0 Å². The largest absolute Gasteiger partial charge is 0.394 e. The molecule has 0 radical (unpaired) electrons. The third kappa shape index (κ3) is 2.57. The quantitative estimate of drug-likeness (QED) is 0.552. The van der Waals surface area contributed by atoms with Gasteiger partial charge in [0, 0.05) is 0 Å². The van der Waals surface area contributed by atoms with Crippen LogP contribution in [0.3, 0.4) is 0 Å². The van der Waals surface area contributed by atoms with Gasteiger partial charge in [0.15, 0.2) is 0 Å².